The molecule has 12 nitrogen and oxygen atoms in total. The van der Waals surface area contributed by atoms with Crippen molar-refractivity contribution in [2.75, 3.05) is 65.4 Å². The van der Waals surface area contributed by atoms with Gasteiger partial charge in [-0.25, -0.2) is 9.59 Å². The zero-order chi connectivity index (χ0) is 45.1. The van der Waals surface area contributed by atoms with Gasteiger partial charge in [0.15, 0.2) is 0 Å². The average molecular weight is 875 g/mol. The number of benzene rings is 2. The molecule has 0 radical (unpaired) electrons. The Morgan fingerprint density at radius 1 is 0.477 bits per heavy atom. The molecule has 0 bridgehead atoms. The Balaban J connectivity index is 0.000000194. The number of hydrogen-bond acceptors (Lipinski definition) is 10. The van der Waals surface area contributed by atoms with Crippen LogP contribution in [0.4, 0.5) is 9.59 Å². The Morgan fingerprint density at radius 2 is 0.923 bits per heavy atom. The van der Waals surface area contributed by atoms with E-state index in [9.17, 15) is 9.59 Å². The zero-order valence-electron chi connectivity index (χ0n) is 37.9. The molecule has 2 aliphatic heterocycles. The Hall–Kier alpha value is -6.50. The maximum absolute atomic E-state index is 12.6. The Labute approximate surface area is 384 Å². The second kappa shape index (κ2) is 24.5. The first-order valence-electron chi connectivity index (χ1n) is 23.0. The highest BCUT2D eigenvalue weighted by Gasteiger charge is 2.24. The lowest BCUT2D eigenvalue weighted by Crippen LogP contribution is -2.49. The predicted molar refractivity (Wildman–Crippen MR) is 254 cm³/mol. The van der Waals surface area contributed by atoms with E-state index in [1.54, 1.807) is 22.2 Å². The second-order valence-electron chi connectivity index (χ2n) is 16.9. The van der Waals surface area contributed by atoms with E-state index in [0.29, 0.717) is 37.7 Å². The topological polar surface area (TPSA) is 117 Å². The van der Waals surface area contributed by atoms with E-state index in [1.807, 2.05) is 97.6 Å². The molecule has 338 valence electrons. The number of aromatic nitrogens is 4. The van der Waals surface area contributed by atoms with Crippen LogP contribution in [0.2, 0.25) is 0 Å². The molecule has 6 aromatic rings. The van der Waals surface area contributed by atoms with E-state index in [4.69, 9.17) is 9.47 Å². The summed E-state index contributed by atoms with van der Waals surface area (Å²) >= 11 is 0. The van der Waals surface area contributed by atoms with Crippen molar-refractivity contribution in [3.8, 4) is 11.5 Å². The Bertz CT molecular complexity index is 2350. The third kappa shape index (κ3) is 15.6. The van der Waals surface area contributed by atoms with E-state index in [0.717, 1.165) is 95.6 Å². The van der Waals surface area contributed by atoms with Crippen LogP contribution in [-0.2, 0) is 38.5 Å². The van der Waals surface area contributed by atoms with E-state index in [-0.39, 0.29) is 12.2 Å². The monoisotopic (exact) mass is 874 g/mol. The number of amides is 2. The molecule has 4 aromatic heterocycles. The van der Waals surface area contributed by atoms with Gasteiger partial charge in [-0.05, 0) is 159 Å². The number of hydrogen-bond donors (Lipinski definition) is 0. The fourth-order valence-electron chi connectivity index (χ4n) is 7.99. The molecule has 12 heteroatoms. The summed E-state index contributed by atoms with van der Waals surface area (Å²) in [7, 11) is 0. The molecule has 0 unspecified atom stereocenters. The molecule has 0 aliphatic carbocycles. The van der Waals surface area contributed by atoms with Gasteiger partial charge in [-0.1, -0.05) is 36.4 Å². The van der Waals surface area contributed by atoms with Crippen LogP contribution in [-0.4, -0.2) is 117 Å². The van der Waals surface area contributed by atoms with Crippen LogP contribution in [0.25, 0.3) is 0 Å². The minimum atomic E-state index is -0.270. The maximum atomic E-state index is 12.6. The highest BCUT2D eigenvalue weighted by molar-refractivity contribution is 5.71. The number of carbonyl (C=O) groups excluding carboxylic acids is 2. The second-order valence-corrected chi connectivity index (χ2v) is 16.9. The quantitative estimate of drug-likeness (QED) is 0.0999. The number of ether oxygens (including phenoxy) is 2. The summed E-state index contributed by atoms with van der Waals surface area (Å²) in [6, 6.07) is 32.0. The van der Waals surface area contributed by atoms with Crippen LogP contribution in [0.5, 0.6) is 11.5 Å². The molecule has 65 heavy (non-hydrogen) atoms. The van der Waals surface area contributed by atoms with Gasteiger partial charge in [0.1, 0.15) is 11.5 Å². The predicted octanol–water partition coefficient (Wildman–Crippen LogP) is 8.25. The van der Waals surface area contributed by atoms with Crippen molar-refractivity contribution >= 4 is 12.2 Å². The van der Waals surface area contributed by atoms with Gasteiger partial charge >= 0.3 is 12.2 Å². The van der Waals surface area contributed by atoms with Crippen LogP contribution in [0, 0.1) is 13.8 Å². The number of carbonyl (C=O) groups is 2. The van der Waals surface area contributed by atoms with Gasteiger partial charge in [0.2, 0.25) is 0 Å². The third-order valence-corrected chi connectivity index (χ3v) is 11.9. The minimum Gasteiger partial charge on any atom is -0.410 e. The molecular formula is C53H62N8O4. The fraction of sp³-hybridized carbons (Fsp3) is 0.358. The highest BCUT2D eigenvalue weighted by atomic mass is 16.6. The number of pyridine rings is 4. The standard InChI is InChI=1S/C27H32N4O2.C26H30N4O2/c1-22-12-14-29-25(20-22)9-6-23-7-10-26(11-8-23)33-27(32)31-18-16-30(17-19-31)15-3-5-24-4-2-13-28-21-24;1-21-10-13-28-24(19-21)7-4-22-5-8-25(9-6-22)32-26(31)30-17-15-29(16-18-30)14-11-23-3-2-12-27-20-23/h2,4,7-8,10-14,20-21H,3,5-6,9,15-19H2,1H3;2-3,5-6,8-10,12-13,19-20H,4,7,11,14-18H2,1H3. The summed E-state index contributed by atoms with van der Waals surface area (Å²) in [5.74, 6) is 1.18. The minimum absolute atomic E-state index is 0.262. The SMILES string of the molecule is Cc1ccnc(CCc2ccc(OC(=O)N3CCN(CCCc4cccnc4)CC3)cc2)c1.Cc1ccnc(CCc2ccc(OC(=O)N3CCN(CCc4cccnc4)CC3)cc2)c1. The average Bonchev–Trinajstić information content (AvgIpc) is 3.34. The maximum Gasteiger partial charge on any atom is 0.415 e. The molecule has 0 saturated carbocycles. The molecular weight excluding hydrogens is 813 g/mol. The van der Waals surface area contributed by atoms with Crippen LogP contribution in [0.3, 0.4) is 0 Å². The first-order chi connectivity index (χ1) is 31.8. The lowest BCUT2D eigenvalue weighted by atomic mass is 10.1. The van der Waals surface area contributed by atoms with Crippen LogP contribution >= 0.6 is 0 Å². The van der Waals surface area contributed by atoms with Crippen molar-refractivity contribution < 1.29 is 19.1 Å². The number of piperazine rings is 2. The van der Waals surface area contributed by atoms with Gasteiger partial charge in [0.05, 0.1) is 0 Å². The van der Waals surface area contributed by atoms with Crippen LogP contribution < -0.4 is 9.47 Å². The van der Waals surface area contributed by atoms with Gasteiger partial charge in [0, 0.05) is 107 Å². The summed E-state index contributed by atoms with van der Waals surface area (Å²) in [5.41, 5.74) is 9.58. The Morgan fingerprint density at radius 3 is 1.35 bits per heavy atom. The van der Waals surface area contributed by atoms with Crippen molar-refractivity contribution in [3.63, 3.8) is 0 Å². The van der Waals surface area contributed by atoms with E-state index in [1.165, 1.54) is 33.4 Å². The lowest BCUT2D eigenvalue weighted by molar-refractivity contribution is 0.110. The summed E-state index contributed by atoms with van der Waals surface area (Å²) in [6.07, 6.45) is 17.4. The van der Waals surface area contributed by atoms with Gasteiger partial charge in [0.25, 0.3) is 0 Å². The van der Waals surface area contributed by atoms with E-state index in [2.05, 4.69) is 67.8 Å². The summed E-state index contributed by atoms with van der Waals surface area (Å²) in [4.78, 5) is 50.7. The molecule has 0 spiro atoms. The smallest absolute Gasteiger partial charge is 0.410 e. The van der Waals surface area contributed by atoms with Gasteiger partial charge in [-0.15, -0.1) is 0 Å². The largest absolute Gasteiger partial charge is 0.415 e. The molecule has 2 amide bonds. The molecule has 0 atom stereocenters. The first kappa shape index (κ1) is 46.5. The Kier molecular flexibility index (Phi) is 17.5. The zero-order valence-corrected chi connectivity index (χ0v) is 37.9. The molecule has 0 N–H and O–H groups in total. The molecule has 6 heterocycles. The van der Waals surface area contributed by atoms with Crippen molar-refractivity contribution in [2.45, 2.75) is 58.8 Å². The molecule has 8 rings (SSSR count). The van der Waals surface area contributed by atoms with Crippen LogP contribution in [0.1, 0.15) is 51.2 Å². The molecule has 2 aliphatic rings. The van der Waals surface area contributed by atoms with Gasteiger partial charge < -0.3 is 19.3 Å². The van der Waals surface area contributed by atoms with Crippen molar-refractivity contribution in [2.24, 2.45) is 0 Å². The highest BCUT2D eigenvalue weighted by Crippen LogP contribution is 2.18. The number of nitrogens with zero attached hydrogens (tertiary/aromatic N) is 8. The van der Waals surface area contributed by atoms with Gasteiger partial charge in [-0.3, -0.25) is 29.7 Å². The summed E-state index contributed by atoms with van der Waals surface area (Å²) in [5, 5.41) is 0. The fourth-order valence-corrected chi connectivity index (χ4v) is 7.99. The van der Waals surface area contributed by atoms with Crippen LogP contribution in [0.15, 0.2) is 134 Å². The summed E-state index contributed by atoms with van der Waals surface area (Å²) < 4.78 is 11.2. The molecule has 2 fully saturated rings. The van der Waals surface area contributed by atoms with Crippen molar-refractivity contribution in [3.05, 3.63) is 179 Å². The summed E-state index contributed by atoms with van der Waals surface area (Å²) in [6.45, 7) is 12.5. The molecule has 2 aromatic carbocycles. The van der Waals surface area contributed by atoms with Gasteiger partial charge in [-0.2, -0.15) is 0 Å². The first-order valence-corrected chi connectivity index (χ1v) is 23.0. The lowest BCUT2D eigenvalue weighted by Gasteiger charge is -2.34. The third-order valence-electron chi connectivity index (χ3n) is 11.9. The van der Waals surface area contributed by atoms with E-state index < -0.39 is 0 Å². The van der Waals surface area contributed by atoms with Crippen molar-refractivity contribution in [1.82, 2.24) is 39.5 Å². The normalized spacial score (nSPS) is 14.3. The van der Waals surface area contributed by atoms with E-state index >= 15 is 0 Å². The molecule has 2 saturated heterocycles. The number of rotatable bonds is 15. The number of aryl methyl sites for hydroxylation is 7. The van der Waals surface area contributed by atoms with Crippen molar-refractivity contribution in [1.29, 1.82) is 0 Å².